The highest BCUT2D eigenvalue weighted by molar-refractivity contribution is 8.00. The lowest BCUT2D eigenvalue weighted by atomic mass is 10.2. The van der Waals surface area contributed by atoms with Crippen molar-refractivity contribution in [2.24, 2.45) is 0 Å². The van der Waals surface area contributed by atoms with Crippen LogP contribution in [0.4, 0.5) is 13.2 Å². The molecule has 1 unspecified atom stereocenters. The Morgan fingerprint density at radius 2 is 2.29 bits per heavy atom. The second-order valence-electron chi connectivity index (χ2n) is 4.82. The van der Waals surface area contributed by atoms with E-state index in [4.69, 9.17) is 4.42 Å². The molecule has 1 amide bonds. The van der Waals surface area contributed by atoms with E-state index in [0.29, 0.717) is 11.8 Å². The van der Waals surface area contributed by atoms with Crippen LogP contribution in [0.1, 0.15) is 24.4 Å². The van der Waals surface area contributed by atoms with E-state index in [-0.39, 0.29) is 18.2 Å². The lowest BCUT2D eigenvalue weighted by molar-refractivity contribution is -0.153. The predicted octanol–water partition coefficient (Wildman–Crippen LogP) is 3.71. The molecule has 116 valence electrons. The molecule has 3 nitrogen and oxygen atoms in total. The molecule has 0 spiro atoms. The Labute approximate surface area is 125 Å². The third-order valence-corrected chi connectivity index (χ3v) is 4.60. The van der Waals surface area contributed by atoms with E-state index in [0.717, 1.165) is 24.7 Å². The number of alkyl halides is 3. The predicted molar refractivity (Wildman–Crippen MR) is 74.8 cm³/mol. The summed E-state index contributed by atoms with van der Waals surface area (Å²) in [5, 5.41) is 0.325. The number of carbonyl (C=O) groups is 1. The number of nitrogens with zero attached hydrogens (tertiary/aromatic N) is 1. The van der Waals surface area contributed by atoms with E-state index in [1.807, 2.05) is 0 Å². The lowest BCUT2D eigenvalue weighted by Gasteiger charge is -2.23. The quantitative estimate of drug-likeness (QED) is 0.776. The van der Waals surface area contributed by atoms with E-state index in [1.165, 1.54) is 17.0 Å². The van der Waals surface area contributed by atoms with Crippen LogP contribution in [0, 0.1) is 0 Å². The topological polar surface area (TPSA) is 33.5 Å². The Bertz CT molecular complexity index is 507. The van der Waals surface area contributed by atoms with Gasteiger partial charge in [-0.05, 0) is 36.8 Å². The minimum Gasteiger partial charge on any atom is -0.455 e. The van der Waals surface area contributed by atoms with Crippen LogP contribution in [0.2, 0.25) is 0 Å². The summed E-state index contributed by atoms with van der Waals surface area (Å²) in [6.07, 6.45) is -1.22. The Morgan fingerprint density at radius 3 is 2.81 bits per heavy atom. The van der Waals surface area contributed by atoms with E-state index < -0.39 is 11.9 Å². The van der Waals surface area contributed by atoms with Crippen molar-refractivity contribution in [2.75, 3.05) is 12.3 Å². The maximum atomic E-state index is 12.5. The molecule has 7 heteroatoms. The molecule has 0 bridgehead atoms. The van der Waals surface area contributed by atoms with Crippen LogP contribution in [0.25, 0.3) is 0 Å². The Hall–Kier alpha value is -1.37. The molecule has 0 aliphatic carbocycles. The smallest absolute Gasteiger partial charge is 0.449 e. The summed E-state index contributed by atoms with van der Waals surface area (Å²) in [5.74, 6) is -0.161. The Kier molecular flexibility index (Phi) is 5.03. The monoisotopic (exact) mass is 319 g/mol. The van der Waals surface area contributed by atoms with Crippen LogP contribution >= 0.6 is 11.8 Å². The van der Waals surface area contributed by atoms with Gasteiger partial charge in [0.15, 0.2) is 0 Å². The number of amides is 1. The van der Waals surface area contributed by atoms with Gasteiger partial charge >= 0.3 is 6.18 Å². The zero-order valence-electron chi connectivity index (χ0n) is 11.4. The second kappa shape index (κ2) is 6.60. The average Bonchev–Trinajstić information content (AvgIpc) is 3.07. The van der Waals surface area contributed by atoms with Gasteiger partial charge in [0.05, 0.1) is 6.54 Å². The molecular weight excluding hydrogens is 303 g/mol. The normalized spacial score (nSPS) is 18.7. The van der Waals surface area contributed by atoms with Crippen molar-refractivity contribution in [3.63, 3.8) is 0 Å². The first-order valence-electron chi connectivity index (χ1n) is 6.59. The van der Waals surface area contributed by atoms with Crippen LogP contribution in [-0.2, 0) is 17.5 Å². The van der Waals surface area contributed by atoms with E-state index in [9.17, 15) is 18.0 Å². The van der Waals surface area contributed by atoms with E-state index in [1.54, 1.807) is 11.8 Å². The van der Waals surface area contributed by atoms with Gasteiger partial charge in [0.25, 0.3) is 0 Å². The van der Waals surface area contributed by atoms with Gasteiger partial charge in [-0.1, -0.05) is 6.58 Å². The number of rotatable bonds is 5. The molecule has 0 radical (unpaired) electrons. The molecular formula is C14H16F3NO2S. The van der Waals surface area contributed by atoms with Gasteiger partial charge in [0.1, 0.15) is 5.76 Å². The van der Waals surface area contributed by atoms with Crippen LogP contribution in [-0.4, -0.2) is 28.4 Å². The van der Waals surface area contributed by atoms with Gasteiger partial charge in [-0.3, -0.25) is 4.79 Å². The third kappa shape index (κ3) is 4.30. The number of furan rings is 1. The summed E-state index contributed by atoms with van der Waals surface area (Å²) in [6, 6.07) is 2.14. The minimum absolute atomic E-state index is 0.0258. The zero-order valence-corrected chi connectivity index (χ0v) is 12.2. The summed E-state index contributed by atoms with van der Waals surface area (Å²) >= 11 is 1.78. The van der Waals surface area contributed by atoms with Gasteiger partial charge in [-0.15, -0.1) is 0 Å². The van der Waals surface area contributed by atoms with Crippen LogP contribution in [0.5, 0.6) is 0 Å². The maximum Gasteiger partial charge on any atom is 0.449 e. The molecule has 0 N–H and O–H groups in total. The SMILES string of the molecule is C=CC(=O)N(Cc1ccc(C(F)(F)F)o1)CC1CCCS1. The van der Waals surface area contributed by atoms with Crippen molar-refractivity contribution in [1.82, 2.24) is 4.90 Å². The number of halogens is 3. The Morgan fingerprint density at radius 1 is 1.52 bits per heavy atom. The van der Waals surface area contributed by atoms with Gasteiger partial charge in [0.2, 0.25) is 11.7 Å². The molecule has 2 rings (SSSR count). The fourth-order valence-corrected chi connectivity index (χ4v) is 3.48. The van der Waals surface area contributed by atoms with Crippen molar-refractivity contribution >= 4 is 17.7 Å². The number of hydrogen-bond acceptors (Lipinski definition) is 3. The standard InChI is InChI=1S/C14H16F3NO2S/c1-2-13(19)18(9-11-4-3-7-21-11)8-10-5-6-12(20-10)14(15,16)17/h2,5-6,11H,1,3-4,7-9H2. The molecule has 2 heterocycles. The summed E-state index contributed by atoms with van der Waals surface area (Å²) in [7, 11) is 0. The number of carbonyl (C=O) groups excluding carboxylic acids is 1. The molecule has 1 saturated heterocycles. The molecule has 21 heavy (non-hydrogen) atoms. The molecule has 1 aliphatic rings. The summed E-state index contributed by atoms with van der Waals surface area (Å²) in [5.41, 5.74) is 0. The van der Waals surface area contributed by atoms with E-state index in [2.05, 4.69) is 6.58 Å². The van der Waals surface area contributed by atoms with Gasteiger partial charge in [-0.2, -0.15) is 24.9 Å². The third-order valence-electron chi connectivity index (χ3n) is 3.22. The fourth-order valence-electron chi connectivity index (χ4n) is 2.20. The molecule has 1 aromatic heterocycles. The largest absolute Gasteiger partial charge is 0.455 e. The molecule has 0 saturated carbocycles. The second-order valence-corrected chi connectivity index (χ2v) is 6.23. The summed E-state index contributed by atoms with van der Waals surface area (Å²) in [4.78, 5) is 13.3. The van der Waals surface area contributed by atoms with E-state index >= 15 is 0 Å². The highest BCUT2D eigenvalue weighted by Crippen LogP contribution is 2.31. The zero-order chi connectivity index (χ0) is 15.5. The summed E-state index contributed by atoms with van der Waals surface area (Å²) in [6.45, 7) is 3.96. The van der Waals surface area contributed by atoms with Crippen LogP contribution in [0.3, 0.4) is 0 Å². The fraction of sp³-hybridized carbons (Fsp3) is 0.500. The lowest BCUT2D eigenvalue weighted by Crippen LogP contribution is -2.34. The first kappa shape index (κ1) is 16.0. The van der Waals surface area contributed by atoms with Gasteiger partial charge < -0.3 is 9.32 Å². The molecule has 1 atom stereocenters. The average molecular weight is 319 g/mol. The first-order valence-corrected chi connectivity index (χ1v) is 7.64. The molecule has 1 fully saturated rings. The minimum atomic E-state index is -4.51. The first-order chi connectivity index (χ1) is 9.90. The van der Waals surface area contributed by atoms with Gasteiger partial charge in [0, 0.05) is 11.8 Å². The van der Waals surface area contributed by atoms with Crippen molar-refractivity contribution in [3.05, 3.63) is 36.3 Å². The van der Waals surface area contributed by atoms with Crippen molar-refractivity contribution in [2.45, 2.75) is 30.8 Å². The number of thioether (sulfide) groups is 1. The maximum absolute atomic E-state index is 12.5. The summed E-state index contributed by atoms with van der Waals surface area (Å²) < 4.78 is 42.3. The van der Waals surface area contributed by atoms with Crippen molar-refractivity contribution < 1.29 is 22.4 Å². The highest BCUT2D eigenvalue weighted by atomic mass is 32.2. The highest BCUT2D eigenvalue weighted by Gasteiger charge is 2.35. The Balaban J connectivity index is 2.05. The molecule has 0 aromatic carbocycles. The van der Waals surface area contributed by atoms with Crippen LogP contribution < -0.4 is 0 Å². The van der Waals surface area contributed by atoms with Crippen LogP contribution in [0.15, 0.2) is 29.2 Å². The number of hydrogen-bond donors (Lipinski definition) is 0. The van der Waals surface area contributed by atoms with Crippen molar-refractivity contribution in [3.8, 4) is 0 Å². The molecule has 1 aliphatic heterocycles. The molecule has 1 aromatic rings. The van der Waals surface area contributed by atoms with Gasteiger partial charge in [-0.25, -0.2) is 0 Å². The van der Waals surface area contributed by atoms with Crippen molar-refractivity contribution in [1.29, 1.82) is 0 Å².